The zero-order valence-corrected chi connectivity index (χ0v) is 8.46. The van der Waals surface area contributed by atoms with Gasteiger partial charge in [-0.1, -0.05) is 6.07 Å². The van der Waals surface area contributed by atoms with Crippen molar-refractivity contribution in [3.8, 4) is 0 Å². The topological polar surface area (TPSA) is 35.2 Å². The Kier molecular flexibility index (Phi) is 3.14. The maximum atomic E-state index is 5.58. The van der Waals surface area contributed by atoms with Gasteiger partial charge in [0.25, 0.3) is 0 Å². The van der Waals surface area contributed by atoms with E-state index in [0.717, 1.165) is 9.26 Å². The molecule has 0 aliphatic heterocycles. The summed E-state index contributed by atoms with van der Waals surface area (Å²) >= 11 is 2.25. The normalized spacial score (nSPS) is 10.0. The Morgan fingerprint density at radius 1 is 1.55 bits per heavy atom. The molecule has 2 nitrogen and oxygen atoms in total. The van der Waals surface area contributed by atoms with Gasteiger partial charge in [-0.05, 0) is 40.3 Å². The molecule has 3 heteroatoms. The molecule has 2 N–H and O–H groups in total. The third-order valence-corrected chi connectivity index (χ3v) is 2.38. The van der Waals surface area contributed by atoms with Gasteiger partial charge in [-0.3, -0.25) is 0 Å². The van der Waals surface area contributed by atoms with E-state index in [1.54, 1.807) is 7.11 Å². The first kappa shape index (κ1) is 8.80. The molecule has 0 unspecified atom stereocenters. The van der Waals surface area contributed by atoms with Crippen molar-refractivity contribution in [2.75, 3.05) is 12.8 Å². The summed E-state index contributed by atoms with van der Waals surface area (Å²) in [5, 5.41) is 0. The van der Waals surface area contributed by atoms with Crippen LogP contribution in [0.2, 0.25) is 0 Å². The largest absolute Gasteiger partial charge is 0.399 e. The van der Waals surface area contributed by atoms with Crippen LogP contribution >= 0.6 is 22.6 Å². The van der Waals surface area contributed by atoms with Gasteiger partial charge < -0.3 is 10.5 Å². The van der Waals surface area contributed by atoms with Crippen molar-refractivity contribution in [3.05, 3.63) is 27.3 Å². The number of benzene rings is 1. The lowest BCUT2D eigenvalue weighted by Crippen LogP contribution is -1.93. The van der Waals surface area contributed by atoms with Gasteiger partial charge in [0, 0.05) is 16.4 Å². The predicted octanol–water partition coefficient (Wildman–Crippen LogP) is 2.02. The molecule has 0 bridgehead atoms. The van der Waals surface area contributed by atoms with E-state index in [0.29, 0.717) is 6.61 Å². The average molecular weight is 263 g/mol. The number of hydrogen-bond donors (Lipinski definition) is 1. The highest BCUT2D eigenvalue weighted by atomic mass is 127. The molecule has 0 saturated heterocycles. The number of halogens is 1. The highest BCUT2D eigenvalue weighted by Gasteiger charge is 1.97. The van der Waals surface area contributed by atoms with Crippen LogP contribution in [0.25, 0.3) is 0 Å². The van der Waals surface area contributed by atoms with E-state index in [9.17, 15) is 0 Å². The number of rotatable bonds is 2. The number of ether oxygens (including phenoxy) is 1. The number of nitrogen functional groups attached to an aromatic ring is 1. The molecule has 60 valence electrons. The lowest BCUT2D eigenvalue weighted by Gasteiger charge is -2.02. The molecule has 0 radical (unpaired) electrons. The van der Waals surface area contributed by atoms with Crippen LogP contribution in [-0.2, 0) is 11.3 Å². The summed E-state index contributed by atoms with van der Waals surface area (Å²) < 4.78 is 6.16. The van der Waals surface area contributed by atoms with Crippen LogP contribution in [0.3, 0.4) is 0 Å². The molecule has 0 aromatic heterocycles. The van der Waals surface area contributed by atoms with Crippen molar-refractivity contribution in [3.63, 3.8) is 0 Å². The summed E-state index contributed by atoms with van der Waals surface area (Å²) in [6, 6.07) is 5.81. The summed E-state index contributed by atoms with van der Waals surface area (Å²) in [6.45, 7) is 0.651. The number of methoxy groups -OCH3 is 1. The Morgan fingerprint density at radius 2 is 2.27 bits per heavy atom. The minimum atomic E-state index is 0.651. The van der Waals surface area contributed by atoms with Crippen LogP contribution in [0.4, 0.5) is 5.69 Å². The SMILES string of the molecule is COCc1ccc(N)cc1I. The standard InChI is InChI=1S/C8H10INO/c1-11-5-6-2-3-7(10)4-8(6)9/h2-4H,5,10H2,1H3. The van der Waals surface area contributed by atoms with Crippen molar-refractivity contribution < 1.29 is 4.74 Å². The molecule has 0 spiro atoms. The van der Waals surface area contributed by atoms with Gasteiger partial charge in [-0.2, -0.15) is 0 Å². The van der Waals surface area contributed by atoms with Crippen molar-refractivity contribution in [2.24, 2.45) is 0 Å². The van der Waals surface area contributed by atoms with E-state index in [1.165, 1.54) is 5.56 Å². The van der Waals surface area contributed by atoms with Gasteiger partial charge in [0.05, 0.1) is 6.61 Å². The van der Waals surface area contributed by atoms with Crippen LogP contribution in [0.5, 0.6) is 0 Å². The van der Waals surface area contributed by atoms with Crippen molar-refractivity contribution >= 4 is 28.3 Å². The Hall–Kier alpha value is -0.290. The van der Waals surface area contributed by atoms with E-state index in [2.05, 4.69) is 22.6 Å². The number of hydrogen-bond acceptors (Lipinski definition) is 2. The van der Waals surface area contributed by atoms with E-state index < -0.39 is 0 Å². The lowest BCUT2D eigenvalue weighted by molar-refractivity contribution is 0.184. The van der Waals surface area contributed by atoms with Gasteiger partial charge in [-0.15, -0.1) is 0 Å². The smallest absolute Gasteiger partial charge is 0.0723 e. The first-order valence-corrected chi connectivity index (χ1v) is 4.34. The van der Waals surface area contributed by atoms with E-state index in [1.807, 2.05) is 18.2 Å². The lowest BCUT2D eigenvalue weighted by atomic mass is 10.2. The van der Waals surface area contributed by atoms with Crippen molar-refractivity contribution in [1.82, 2.24) is 0 Å². The second-order valence-corrected chi connectivity index (χ2v) is 3.45. The Balaban J connectivity index is 2.90. The summed E-state index contributed by atoms with van der Waals surface area (Å²) in [5.41, 5.74) is 7.56. The zero-order chi connectivity index (χ0) is 8.27. The van der Waals surface area contributed by atoms with Crippen LogP contribution in [0, 0.1) is 3.57 Å². The van der Waals surface area contributed by atoms with Crippen LogP contribution < -0.4 is 5.73 Å². The summed E-state index contributed by atoms with van der Waals surface area (Å²) in [5.74, 6) is 0. The molecule has 0 aliphatic rings. The molecule has 0 atom stereocenters. The average Bonchev–Trinajstić information content (AvgIpc) is 1.95. The fourth-order valence-electron chi connectivity index (χ4n) is 0.836. The van der Waals surface area contributed by atoms with E-state index in [-0.39, 0.29) is 0 Å². The maximum absolute atomic E-state index is 5.58. The molecule has 11 heavy (non-hydrogen) atoms. The third kappa shape index (κ3) is 2.34. The fourth-order valence-corrected chi connectivity index (χ4v) is 1.53. The second kappa shape index (κ2) is 3.92. The predicted molar refractivity (Wildman–Crippen MR) is 54.3 cm³/mol. The minimum Gasteiger partial charge on any atom is -0.399 e. The Labute approximate surface area is 79.9 Å². The number of anilines is 1. The molecule has 0 saturated carbocycles. The van der Waals surface area contributed by atoms with Crippen molar-refractivity contribution in [1.29, 1.82) is 0 Å². The molecular formula is C8H10INO. The highest BCUT2D eigenvalue weighted by Crippen LogP contribution is 2.16. The van der Waals surface area contributed by atoms with E-state index >= 15 is 0 Å². The molecule has 1 aromatic rings. The van der Waals surface area contributed by atoms with Gasteiger partial charge >= 0.3 is 0 Å². The quantitative estimate of drug-likeness (QED) is 0.654. The molecule has 0 amide bonds. The third-order valence-electron chi connectivity index (χ3n) is 1.38. The fraction of sp³-hybridized carbons (Fsp3) is 0.250. The molecule has 0 heterocycles. The maximum Gasteiger partial charge on any atom is 0.0723 e. The first-order valence-electron chi connectivity index (χ1n) is 3.27. The van der Waals surface area contributed by atoms with Gasteiger partial charge in [0.2, 0.25) is 0 Å². The van der Waals surface area contributed by atoms with Crippen LogP contribution in [0.1, 0.15) is 5.56 Å². The molecular weight excluding hydrogens is 253 g/mol. The monoisotopic (exact) mass is 263 g/mol. The van der Waals surface area contributed by atoms with Gasteiger partial charge in [-0.25, -0.2) is 0 Å². The molecule has 1 rings (SSSR count). The van der Waals surface area contributed by atoms with Crippen LogP contribution in [-0.4, -0.2) is 7.11 Å². The number of nitrogens with two attached hydrogens (primary N) is 1. The van der Waals surface area contributed by atoms with Crippen LogP contribution in [0.15, 0.2) is 18.2 Å². The molecule has 0 aliphatic carbocycles. The van der Waals surface area contributed by atoms with Gasteiger partial charge in [0.1, 0.15) is 0 Å². The Morgan fingerprint density at radius 3 is 2.82 bits per heavy atom. The zero-order valence-electron chi connectivity index (χ0n) is 6.30. The summed E-state index contributed by atoms with van der Waals surface area (Å²) in [7, 11) is 1.69. The first-order chi connectivity index (χ1) is 5.24. The Bertz CT molecular complexity index is 250. The highest BCUT2D eigenvalue weighted by molar-refractivity contribution is 14.1. The van der Waals surface area contributed by atoms with E-state index in [4.69, 9.17) is 10.5 Å². The minimum absolute atomic E-state index is 0.651. The molecule has 0 fully saturated rings. The second-order valence-electron chi connectivity index (χ2n) is 2.28. The summed E-state index contributed by atoms with van der Waals surface area (Å²) in [6.07, 6.45) is 0. The van der Waals surface area contributed by atoms with Crippen molar-refractivity contribution in [2.45, 2.75) is 6.61 Å². The molecule has 1 aromatic carbocycles. The van der Waals surface area contributed by atoms with Gasteiger partial charge in [0.15, 0.2) is 0 Å². The summed E-state index contributed by atoms with van der Waals surface area (Å²) in [4.78, 5) is 0.